The molecule has 1 aromatic heterocycles. The van der Waals surface area contributed by atoms with Gasteiger partial charge in [-0.1, -0.05) is 35.2 Å². The summed E-state index contributed by atoms with van der Waals surface area (Å²) in [6.07, 6.45) is 1.02. The van der Waals surface area contributed by atoms with Crippen LogP contribution in [-0.2, 0) is 0 Å². The van der Waals surface area contributed by atoms with Crippen LogP contribution in [0.15, 0.2) is 28.6 Å². The zero-order valence-electron chi connectivity index (χ0n) is 12.1. The number of nitrogens with one attached hydrogen (secondary N) is 1. The molecule has 0 saturated carbocycles. The van der Waals surface area contributed by atoms with E-state index in [2.05, 4.69) is 27.7 Å². The van der Waals surface area contributed by atoms with Gasteiger partial charge in [0.15, 0.2) is 4.34 Å². The number of nitrogens with zero attached hydrogens (tertiary/aromatic N) is 4. The molecule has 2 rings (SSSR count). The highest BCUT2D eigenvalue weighted by Gasteiger charge is 2.11. The van der Waals surface area contributed by atoms with Crippen LogP contribution in [0.4, 0.5) is 10.8 Å². The number of benzene rings is 1. The van der Waals surface area contributed by atoms with Crippen LogP contribution in [0.5, 0.6) is 0 Å². The first-order valence-electron chi connectivity index (χ1n) is 6.78. The Bertz CT molecular complexity index is 698. The van der Waals surface area contributed by atoms with Crippen LogP contribution in [0.25, 0.3) is 0 Å². The fraction of sp³-hybridized carbons (Fsp3) is 0.333. The van der Waals surface area contributed by atoms with Crippen molar-refractivity contribution in [3.63, 3.8) is 0 Å². The molecule has 1 aromatic carbocycles. The smallest absolute Gasteiger partial charge is 0.210 e. The second-order valence-corrected chi connectivity index (χ2v) is 6.95. The molecule has 2 aromatic rings. The maximum absolute atomic E-state index is 9.04. The highest BCUT2D eigenvalue weighted by atomic mass is 32.2. The molecule has 0 aliphatic carbocycles. The largest absolute Gasteiger partial charge is 0.330 e. The Hall–Kier alpha value is -2.09. The summed E-state index contributed by atoms with van der Waals surface area (Å²) in [5.41, 5.74) is 2.16. The Labute approximate surface area is 138 Å². The molecule has 112 valence electrons. The van der Waals surface area contributed by atoms with E-state index in [0.717, 1.165) is 15.2 Å². The van der Waals surface area contributed by atoms with Crippen molar-refractivity contribution < 1.29 is 0 Å². The third kappa shape index (κ3) is 5.03. The highest BCUT2D eigenvalue weighted by Crippen LogP contribution is 2.29. The molecule has 0 radical (unpaired) electrons. The van der Waals surface area contributed by atoms with Crippen molar-refractivity contribution in [2.45, 2.75) is 24.1 Å². The van der Waals surface area contributed by atoms with Gasteiger partial charge in [0.25, 0.3) is 0 Å². The number of aryl methyl sites for hydroxylation is 1. The van der Waals surface area contributed by atoms with E-state index < -0.39 is 0 Å². The van der Waals surface area contributed by atoms with Crippen LogP contribution in [-0.4, -0.2) is 16.0 Å². The van der Waals surface area contributed by atoms with E-state index in [1.807, 2.05) is 31.2 Å². The van der Waals surface area contributed by atoms with Crippen LogP contribution in [0, 0.1) is 35.5 Å². The first kappa shape index (κ1) is 16.3. The Morgan fingerprint density at radius 3 is 2.95 bits per heavy atom. The summed E-state index contributed by atoms with van der Waals surface area (Å²) in [6.45, 7) is 2.04. The summed E-state index contributed by atoms with van der Waals surface area (Å²) in [5.74, 6) is 0.513. The molecule has 0 aliphatic heterocycles. The fourth-order valence-electron chi connectivity index (χ4n) is 1.76. The lowest BCUT2D eigenvalue weighted by molar-refractivity contribution is 0.685. The zero-order chi connectivity index (χ0) is 15.8. The van der Waals surface area contributed by atoms with Gasteiger partial charge in [-0.2, -0.15) is 10.5 Å². The minimum absolute atomic E-state index is 0.123. The number of hydrogen-bond donors (Lipinski definition) is 1. The number of hydrogen-bond acceptors (Lipinski definition) is 7. The lowest BCUT2D eigenvalue weighted by Gasteiger charge is -2.03. The van der Waals surface area contributed by atoms with Crippen molar-refractivity contribution in [3.8, 4) is 12.1 Å². The molecule has 0 bridgehead atoms. The zero-order valence-corrected chi connectivity index (χ0v) is 13.7. The predicted molar refractivity (Wildman–Crippen MR) is 89.0 cm³/mol. The van der Waals surface area contributed by atoms with Crippen LogP contribution in [0.1, 0.15) is 18.4 Å². The van der Waals surface area contributed by atoms with Crippen molar-refractivity contribution in [2.24, 2.45) is 5.92 Å². The third-order valence-electron chi connectivity index (χ3n) is 2.87. The van der Waals surface area contributed by atoms with E-state index in [0.29, 0.717) is 18.6 Å². The summed E-state index contributed by atoms with van der Waals surface area (Å²) < 4.78 is 0.826. The first-order valence-corrected chi connectivity index (χ1v) is 8.58. The number of aromatic nitrogens is 2. The topological polar surface area (TPSA) is 85.4 Å². The SMILES string of the molecule is Cc1cccc(Nc2nnc(SC[C@H](C#N)CCC#N)s2)c1. The first-order chi connectivity index (χ1) is 10.7. The molecule has 0 unspecified atom stereocenters. The van der Waals surface area contributed by atoms with Crippen LogP contribution < -0.4 is 5.32 Å². The second-order valence-electron chi connectivity index (χ2n) is 4.70. The lowest BCUT2D eigenvalue weighted by atomic mass is 10.1. The van der Waals surface area contributed by atoms with Crippen molar-refractivity contribution in [1.29, 1.82) is 10.5 Å². The van der Waals surface area contributed by atoms with Crippen molar-refractivity contribution in [1.82, 2.24) is 10.2 Å². The molecule has 0 spiro atoms. The average molecular weight is 329 g/mol. The van der Waals surface area contributed by atoms with Gasteiger partial charge >= 0.3 is 0 Å². The van der Waals surface area contributed by atoms with E-state index in [1.54, 1.807) is 0 Å². The molecule has 5 nitrogen and oxygen atoms in total. The normalized spacial score (nSPS) is 11.4. The standard InChI is InChI=1S/C15H15N5S2/c1-11-4-2-6-13(8-11)18-14-19-20-15(22-14)21-10-12(9-17)5-3-7-16/h2,4,6,8,12H,3,5,10H2,1H3,(H,18,19)/t12-/m0/s1. The van der Waals surface area contributed by atoms with E-state index in [9.17, 15) is 0 Å². The molecule has 22 heavy (non-hydrogen) atoms. The second kappa shape index (κ2) is 8.38. The van der Waals surface area contributed by atoms with Gasteiger partial charge in [-0.25, -0.2) is 0 Å². The fourth-order valence-corrected chi connectivity index (χ4v) is 3.62. The van der Waals surface area contributed by atoms with Crippen LogP contribution in [0.2, 0.25) is 0 Å². The number of anilines is 2. The molecular weight excluding hydrogens is 314 g/mol. The maximum Gasteiger partial charge on any atom is 0.210 e. The van der Waals surface area contributed by atoms with E-state index in [-0.39, 0.29) is 5.92 Å². The van der Waals surface area contributed by atoms with Gasteiger partial charge in [0.05, 0.1) is 18.1 Å². The number of thioether (sulfide) groups is 1. The highest BCUT2D eigenvalue weighted by molar-refractivity contribution is 8.01. The molecule has 0 fully saturated rings. The molecule has 1 atom stereocenters. The molecule has 0 amide bonds. The van der Waals surface area contributed by atoms with Gasteiger partial charge < -0.3 is 5.32 Å². The molecule has 1 N–H and O–H groups in total. The minimum atomic E-state index is -0.123. The van der Waals surface area contributed by atoms with Crippen molar-refractivity contribution >= 4 is 33.9 Å². The predicted octanol–water partition coefficient (Wildman–Crippen LogP) is 4.13. The molecule has 0 saturated heterocycles. The Morgan fingerprint density at radius 2 is 2.23 bits per heavy atom. The van der Waals surface area contributed by atoms with Gasteiger partial charge in [-0.3, -0.25) is 0 Å². The average Bonchev–Trinajstić information content (AvgIpc) is 2.95. The summed E-state index contributed by atoms with van der Waals surface area (Å²) in [4.78, 5) is 0. The molecule has 7 heteroatoms. The quantitative estimate of drug-likeness (QED) is 0.769. The van der Waals surface area contributed by atoms with Crippen molar-refractivity contribution in [2.75, 3.05) is 11.1 Å². The Balaban J connectivity index is 1.89. The summed E-state index contributed by atoms with van der Waals surface area (Å²) in [7, 11) is 0. The maximum atomic E-state index is 9.04. The van der Waals surface area contributed by atoms with E-state index in [1.165, 1.54) is 28.7 Å². The van der Waals surface area contributed by atoms with E-state index >= 15 is 0 Å². The number of rotatable bonds is 7. The van der Waals surface area contributed by atoms with Gasteiger partial charge in [0.1, 0.15) is 0 Å². The third-order valence-corrected chi connectivity index (χ3v) is 5.01. The van der Waals surface area contributed by atoms with Gasteiger partial charge in [-0.15, -0.1) is 10.2 Å². The van der Waals surface area contributed by atoms with Gasteiger partial charge in [0, 0.05) is 17.9 Å². The monoisotopic (exact) mass is 329 g/mol. The molecule has 0 aliphatic rings. The minimum Gasteiger partial charge on any atom is -0.330 e. The summed E-state index contributed by atoms with van der Waals surface area (Å²) >= 11 is 2.98. The Morgan fingerprint density at radius 1 is 1.36 bits per heavy atom. The molecule has 1 heterocycles. The lowest BCUT2D eigenvalue weighted by Crippen LogP contribution is -1.99. The molecular formula is C15H15N5S2. The summed E-state index contributed by atoms with van der Waals surface area (Å²) in [5, 5.41) is 29.8. The van der Waals surface area contributed by atoms with Gasteiger partial charge in [0.2, 0.25) is 5.13 Å². The number of nitriles is 2. The summed E-state index contributed by atoms with van der Waals surface area (Å²) in [6, 6.07) is 12.3. The van der Waals surface area contributed by atoms with E-state index in [4.69, 9.17) is 10.5 Å². The van der Waals surface area contributed by atoms with Crippen molar-refractivity contribution in [3.05, 3.63) is 29.8 Å². The van der Waals surface area contributed by atoms with Crippen LogP contribution in [0.3, 0.4) is 0 Å². The Kier molecular flexibility index (Phi) is 6.20. The van der Waals surface area contributed by atoms with Crippen LogP contribution >= 0.6 is 23.1 Å². The van der Waals surface area contributed by atoms with Gasteiger partial charge in [-0.05, 0) is 31.0 Å².